The van der Waals surface area contributed by atoms with E-state index in [1.165, 1.54) is 16.3 Å². The first-order valence-electron chi connectivity index (χ1n) is 11.0. The number of ether oxygens (including phenoxy) is 1. The maximum Gasteiger partial charge on any atom is 0.242 e. The summed E-state index contributed by atoms with van der Waals surface area (Å²) in [6.07, 6.45) is 1.53. The van der Waals surface area contributed by atoms with Gasteiger partial charge in [0.1, 0.15) is 11.8 Å². The van der Waals surface area contributed by atoms with Gasteiger partial charge in [0, 0.05) is 30.5 Å². The van der Waals surface area contributed by atoms with E-state index >= 15 is 0 Å². The van der Waals surface area contributed by atoms with Gasteiger partial charge in [0.2, 0.25) is 21.8 Å². The Hall–Kier alpha value is -2.59. The van der Waals surface area contributed by atoms with Crippen molar-refractivity contribution in [2.45, 2.75) is 39.3 Å². The number of sulfonamides is 1. The predicted octanol–water partition coefficient (Wildman–Crippen LogP) is 3.56. The Kier molecular flexibility index (Phi) is 10.4. The highest BCUT2D eigenvalue weighted by Gasteiger charge is 2.26. The zero-order valence-electron chi connectivity index (χ0n) is 20.0. The zero-order valence-corrected chi connectivity index (χ0v) is 22.4. The number of amides is 2. The molecular weight excluding hydrogens is 522 g/mol. The molecule has 34 heavy (non-hydrogen) atoms. The Morgan fingerprint density at radius 1 is 1.15 bits per heavy atom. The highest BCUT2D eigenvalue weighted by Crippen LogP contribution is 2.22. The Morgan fingerprint density at radius 2 is 1.82 bits per heavy atom. The maximum absolute atomic E-state index is 13.2. The van der Waals surface area contributed by atoms with Crippen LogP contribution in [-0.4, -0.2) is 57.6 Å². The van der Waals surface area contributed by atoms with E-state index < -0.39 is 16.1 Å². The summed E-state index contributed by atoms with van der Waals surface area (Å²) < 4.78 is 32.0. The van der Waals surface area contributed by atoms with E-state index in [2.05, 4.69) is 21.2 Å². The summed E-state index contributed by atoms with van der Waals surface area (Å²) in [5.41, 5.74) is 1.38. The van der Waals surface area contributed by atoms with Crippen LogP contribution < -0.4 is 14.4 Å². The molecule has 0 spiro atoms. The van der Waals surface area contributed by atoms with Crippen molar-refractivity contribution in [2.24, 2.45) is 0 Å². The monoisotopic (exact) mass is 553 g/mol. The summed E-state index contributed by atoms with van der Waals surface area (Å²) in [6, 6.07) is 13.6. The van der Waals surface area contributed by atoms with Gasteiger partial charge in [0.25, 0.3) is 0 Å². The van der Waals surface area contributed by atoms with Crippen LogP contribution in [-0.2, 0) is 26.2 Å². The molecule has 0 aliphatic heterocycles. The number of anilines is 1. The minimum absolute atomic E-state index is 0.0971. The molecule has 0 heterocycles. The van der Waals surface area contributed by atoms with Crippen LogP contribution in [0, 0.1) is 0 Å². The SMILES string of the molecule is CCNC(=O)[C@H](C)N(Cc1cccc(Br)c1)C(=O)CCCN(c1ccc(OC)cc1)S(C)(=O)=O. The number of halogens is 1. The number of benzene rings is 2. The number of carbonyl (C=O) groups excluding carboxylic acids is 2. The standard InChI is InChI=1S/C24H32BrN3O5S/c1-5-26-24(30)18(2)27(17-19-8-6-9-20(25)16-19)23(29)10-7-15-28(34(4,31)32)21-11-13-22(33-3)14-12-21/h6,8-9,11-14,16,18H,5,7,10,15,17H2,1-4H3,(H,26,30)/t18-/m0/s1. The molecule has 0 saturated heterocycles. The molecule has 1 atom stereocenters. The maximum atomic E-state index is 13.2. The van der Waals surface area contributed by atoms with Crippen molar-refractivity contribution in [1.82, 2.24) is 10.2 Å². The third-order valence-electron chi connectivity index (χ3n) is 5.27. The molecular formula is C24H32BrN3O5S. The highest BCUT2D eigenvalue weighted by atomic mass is 79.9. The summed E-state index contributed by atoms with van der Waals surface area (Å²) in [6.45, 7) is 4.39. The molecule has 0 aromatic heterocycles. The molecule has 0 bridgehead atoms. The minimum Gasteiger partial charge on any atom is -0.497 e. The highest BCUT2D eigenvalue weighted by molar-refractivity contribution is 9.10. The van der Waals surface area contributed by atoms with Gasteiger partial charge < -0.3 is 15.0 Å². The summed E-state index contributed by atoms with van der Waals surface area (Å²) in [5, 5.41) is 2.76. The molecule has 0 saturated carbocycles. The summed E-state index contributed by atoms with van der Waals surface area (Å²) in [4.78, 5) is 27.2. The topological polar surface area (TPSA) is 96.0 Å². The average Bonchev–Trinajstić information content (AvgIpc) is 2.79. The first kappa shape index (κ1) is 27.7. The lowest BCUT2D eigenvalue weighted by Gasteiger charge is -2.29. The number of methoxy groups -OCH3 is 1. The van der Waals surface area contributed by atoms with Crippen molar-refractivity contribution in [3.63, 3.8) is 0 Å². The van der Waals surface area contributed by atoms with E-state index in [1.807, 2.05) is 31.2 Å². The zero-order chi connectivity index (χ0) is 25.3. The predicted molar refractivity (Wildman–Crippen MR) is 137 cm³/mol. The number of rotatable bonds is 12. The lowest BCUT2D eigenvalue weighted by atomic mass is 10.1. The van der Waals surface area contributed by atoms with Gasteiger partial charge in [-0.15, -0.1) is 0 Å². The van der Waals surface area contributed by atoms with Gasteiger partial charge in [-0.25, -0.2) is 8.42 Å². The van der Waals surface area contributed by atoms with Gasteiger partial charge in [-0.05, 0) is 62.2 Å². The first-order valence-corrected chi connectivity index (χ1v) is 13.6. The molecule has 0 aliphatic carbocycles. The second-order valence-electron chi connectivity index (χ2n) is 7.86. The Balaban J connectivity index is 2.14. The fraction of sp³-hybridized carbons (Fsp3) is 0.417. The number of likely N-dealkylation sites (N-methyl/N-ethyl adjacent to an activating group) is 1. The van der Waals surface area contributed by atoms with Gasteiger partial charge >= 0.3 is 0 Å². The molecule has 0 aliphatic rings. The number of hydrogen-bond acceptors (Lipinski definition) is 5. The normalized spacial score (nSPS) is 12.0. The number of nitrogens with one attached hydrogen (secondary N) is 1. The van der Waals surface area contributed by atoms with Crippen LogP contribution in [0.1, 0.15) is 32.3 Å². The van der Waals surface area contributed by atoms with Crippen LogP contribution in [0.25, 0.3) is 0 Å². The molecule has 10 heteroatoms. The van der Waals surface area contributed by atoms with Gasteiger partial charge in [0.05, 0.1) is 19.1 Å². The van der Waals surface area contributed by atoms with E-state index in [0.717, 1.165) is 16.3 Å². The van der Waals surface area contributed by atoms with E-state index in [-0.39, 0.29) is 31.3 Å². The summed E-state index contributed by atoms with van der Waals surface area (Å²) >= 11 is 3.43. The van der Waals surface area contributed by atoms with Gasteiger partial charge in [-0.1, -0.05) is 28.1 Å². The van der Waals surface area contributed by atoms with Crippen molar-refractivity contribution in [1.29, 1.82) is 0 Å². The molecule has 0 unspecified atom stereocenters. The summed E-state index contributed by atoms with van der Waals surface area (Å²) in [7, 11) is -2.01. The Labute approximate surface area is 210 Å². The molecule has 0 radical (unpaired) electrons. The smallest absolute Gasteiger partial charge is 0.242 e. The molecule has 1 N–H and O–H groups in total. The third-order valence-corrected chi connectivity index (χ3v) is 6.96. The third kappa shape index (κ3) is 8.02. The second kappa shape index (κ2) is 12.8. The van der Waals surface area contributed by atoms with E-state index in [4.69, 9.17) is 4.74 Å². The summed E-state index contributed by atoms with van der Waals surface area (Å²) in [5.74, 6) is 0.165. The van der Waals surface area contributed by atoms with Crippen molar-refractivity contribution in [2.75, 3.05) is 30.8 Å². The number of hydrogen-bond donors (Lipinski definition) is 1. The van der Waals surface area contributed by atoms with Crippen LogP contribution in [0.4, 0.5) is 5.69 Å². The number of carbonyl (C=O) groups is 2. The van der Waals surface area contributed by atoms with Gasteiger partial charge in [-0.2, -0.15) is 0 Å². The van der Waals surface area contributed by atoms with Crippen LogP contribution in [0.5, 0.6) is 5.75 Å². The lowest BCUT2D eigenvalue weighted by molar-refractivity contribution is -0.140. The van der Waals surface area contributed by atoms with Gasteiger partial charge in [0.15, 0.2) is 0 Å². The fourth-order valence-electron chi connectivity index (χ4n) is 3.49. The van der Waals surface area contributed by atoms with Crippen molar-refractivity contribution in [3.05, 3.63) is 58.6 Å². The molecule has 186 valence electrons. The molecule has 2 rings (SSSR count). The minimum atomic E-state index is -3.55. The average molecular weight is 555 g/mol. The molecule has 2 amide bonds. The molecule has 8 nitrogen and oxygen atoms in total. The van der Waals surface area contributed by atoms with Crippen LogP contribution in [0.2, 0.25) is 0 Å². The molecule has 0 fully saturated rings. The van der Waals surface area contributed by atoms with Gasteiger partial charge in [-0.3, -0.25) is 13.9 Å². The number of nitrogens with zero attached hydrogens (tertiary/aromatic N) is 2. The second-order valence-corrected chi connectivity index (χ2v) is 10.7. The first-order chi connectivity index (χ1) is 16.1. The van der Waals surface area contributed by atoms with E-state index in [1.54, 1.807) is 31.2 Å². The van der Waals surface area contributed by atoms with Crippen LogP contribution in [0.3, 0.4) is 0 Å². The quantitative estimate of drug-likeness (QED) is 0.433. The van der Waals surface area contributed by atoms with Crippen molar-refractivity contribution >= 4 is 43.5 Å². The van der Waals surface area contributed by atoms with Crippen LogP contribution in [0.15, 0.2) is 53.0 Å². The van der Waals surface area contributed by atoms with Crippen molar-refractivity contribution < 1.29 is 22.7 Å². The van der Waals surface area contributed by atoms with Crippen LogP contribution >= 0.6 is 15.9 Å². The van der Waals surface area contributed by atoms with Crippen molar-refractivity contribution in [3.8, 4) is 5.75 Å². The Bertz CT molecular complexity index is 1080. The van der Waals surface area contributed by atoms with E-state index in [9.17, 15) is 18.0 Å². The fourth-order valence-corrected chi connectivity index (χ4v) is 4.90. The Morgan fingerprint density at radius 3 is 2.38 bits per heavy atom. The van der Waals surface area contributed by atoms with E-state index in [0.29, 0.717) is 24.4 Å². The molecule has 2 aromatic rings. The molecule has 2 aromatic carbocycles. The lowest BCUT2D eigenvalue weighted by Crippen LogP contribution is -2.47. The largest absolute Gasteiger partial charge is 0.497 e.